The molecule has 4 nitrogen and oxygen atoms in total. The zero-order chi connectivity index (χ0) is 15.4. The number of carbonyl (C=O) groups excluding carboxylic acids is 1. The minimum Gasteiger partial charge on any atom is -0.327 e. The number of quaternary nitrogens is 1. The fourth-order valence-corrected chi connectivity index (χ4v) is 3.55. The Morgan fingerprint density at radius 1 is 1.32 bits per heavy atom. The lowest BCUT2D eigenvalue weighted by molar-refractivity contribution is -0.897. The van der Waals surface area contributed by atoms with E-state index in [0.717, 1.165) is 30.3 Å². The zero-order valence-electron chi connectivity index (χ0n) is 12.8. The Labute approximate surface area is 135 Å². The highest BCUT2D eigenvalue weighted by molar-refractivity contribution is 7.14. The summed E-state index contributed by atoms with van der Waals surface area (Å²) >= 11 is 1.48. The fourth-order valence-electron chi connectivity index (χ4n) is 2.81. The van der Waals surface area contributed by atoms with Crippen LogP contribution in [0, 0.1) is 5.92 Å². The van der Waals surface area contributed by atoms with E-state index in [9.17, 15) is 4.79 Å². The van der Waals surface area contributed by atoms with Crippen molar-refractivity contribution in [1.29, 1.82) is 0 Å². The van der Waals surface area contributed by atoms with Crippen LogP contribution in [0.15, 0.2) is 35.7 Å². The summed E-state index contributed by atoms with van der Waals surface area (Å²) in [4.78, 5) is 18.0. The van der Waals surface area contributed by atoms with Crippen LogP contribution in [0.25, 0.3) is 11.3 Å². The molecule has 1 aromatic carbocycles. The van der Waals surface area contributed by atoms with E-state index in [1.165, 1.54) is 29.1 Å². The SMILES string of the molecule is CC1CC[NH+](CC(=O)Nc2nc(-c3ccccc3)cs2)CC1. The normalized spacial score (nSPS) is 21.5. The molecule has 5 heteroatoms. The fraction of sp³-hybridized carbons (Fsp3) is 0.412. The van der Waals surface area contributed by atoms with Crippen molar-refractivity contribution in [3.63, 3.8) is 0 Å². The molecule has 3 rings (SSSR count). The molecule has 1 aromatic heterocycles. The van der Waals surface area contributed by atoms with E-state index in [4.69, 9.17) is 0 Å². The zero-order valence-corrected chi connectivity index (χ0v) is 13.7. The number of thiazole rings is 1. The van der Waals surface area contributed by atoms with Gasteiger partial charge in [-0.25, -0.2) is 4.98 Å². The predicted molar refractivity (Wildman–Crippen MR) is 90.1 cm³/mol. The van der Waals surface area contributed by atoms with Gasteiger partial charge in [0.15, 0.2) is 11.7 Å². The average molecular weight is 316 g/mol. The molecule has 0 saturated carbocycles. The minimum absolute atomic E-state index is 0.0681. The van der Waals surface area contributed by atoms with Gasteiger partial charge < -0.3 is 4.90 Å². The maximum Gasteiger partial charge on any atom is 0.281 e. The summed E-state index contributed by atoms with van der Waals surface area (Å²) in [5.74, 6) is 0.873. The predicted octanol–water partition coefficient (Wildman–Crippen LogP) is 2.06. The van der Waals surface area contributed by atoms with Gasteiger partial charge in [-0.2, -0.15) is 0 Å². The molecule has 22 heavy (non-hydrogen) atoms. The van der Waals surface area contributed by atoms with Gasteiger partial charge in [-0.05, 0) is 18.8 Å². The van der Waals surface area contributed by atoms with E-state index in [0.29, 0.717) is 11.7 Å². The van der Waals surface area contributed by atoms with E-state index in [2.05, 4.69) is 17.2 Å². The maximum absolute atomic E-state index is 12.1. The van der Waals surface area contributed by atoms with Crippen LogP contribution in [0.1, 0.15) is 19.8 Å². The summed E-state index contributed by atoms with van der Waals surface area (Å²) < 4.78 is 0. The largest absolute Gasteiger partial charge is 0.327 e. The Balaban J connectivity index is 1.55. The molecule has 1 saturated heterocycles. The molecule has 116 valence electrons. The molecule has 0 radical (unpaired) electrons. The summed E-state index contributed by atoms with van der Waals surface area (Å²) in [5, 5.41) is 5.61. The quantitative estimate of drug-likeness (QED) is 0.907. The van der Waals surface area contributed by atoms with E-state index < -0.39 is 0 Å². The first-order chi connectivity index (χ1) is 10.7. The average Bonchev–Trinajstić information content (AvgIpc) is 2.99. The van der Waals surface area contributed by atoms with E-state index in [-0.39, 0.29) is 5.91 Å². The smallest absolute Gasteiger partial charge is 0.281 e. The van der Waals surface area contributed by atoms with Crippen molar-refractivity contribution in [2.75, 3.05) is 25.0 Å². The Morgan fingerprint density at radius 3 is 2.77 bits per heavy atom. The number of hydrogen-bond acceptors (Lipinski definition) is 3. The molecule has 0 aliphatic carbocycles. The molecule has 0 bridgehead atoms. The lowest BCUT2D eigenvalue weighted by atomic mass is 9.99. The van der Waals surface area contributed by atoms with Gasteiger partial charge in [-0.15, -0.1) is 11.3 Å². The van der Waals surface area contributed by atoms with Crippen molar-refractivity contribution >= 4 is 22.4 Å². The first-order valence-electron chi connectivity index (χ1n) is 7.85. The number of carbonyl (C=O) groups is 1. The van der Waals surface area contributed by atoms with E-state index in [1.807, 2.05) is 35.7 Å². The number of hydrogen-bond donors (Lipinski definition) is 2. The second kappa shape index (κ2) is 7.03. The highest BCUT2D eigenvalue weighted by Crippen LogP contribution is 2.24. The summed E-state index contributed by atoms with van der Waals surface area (Å²) in [7, 11) is 0. The monoisotopic (exact) mass is 316 g/mol. The van der Waals surface area contributed by atoms with Gasteiger partial charge >= 0.3 is 0 Å². The molecule has 0 spiro atoms. The Morgan fingerprint density at radius 2 is 2.05 bits per heavy atom. The van der Waals surface area contributed by atoms with Crippen LogP contribution >= 0.6 is 11.3 Å². The molecule has 1 fully saturated rings. The second-order valence-electron chi connectivity index (χ2n) is 6.06. The second-order valence-corrected chi connectivity index (χ2v) is 6.92. The molecule has 1 aliphatic rings. The molecule has 1 aliphatic heterocycles. The summed E-state index contributed by atoms with van der Waals surface area (Å²) in [6.07, 6.45) is 2.44. The number of piperidine rings is 1. The van der Waals surface area contributed by atoms with Gasteiger partial charge in [0.05, 0.1) is 18.8 Å². The van der Waals surface area contributed by atoms with Crippen LogP contribution in [0.4, 0.5) is 5.13 Å². The number of benzene rings is 1. The number of nitrogens with one attached hydrogen (secondary N) is 2. The summed E-state index contributed by atoms with van der Waals surface area (Å²) in [6, 6.07) is 10.0. The van der Waals surface area contributed by atoms with Crippen LogP contribution in [-0.2, 0) is 4.79 Å². The van der Waals surface area contributed by atoms with Crippen molar-refractivity contribution in [3.8, 4) is 11.3 Å². The van der Waals surface area contributed by atoms with Crippen LogP contribution in [0.5, 0.6) is 0 Å². The third kappa shape index (κ3) is 3.93. The lowest BCUT2D eigenvalue weighted by Gasteiger charge is -2.26. The van der Waals surface area contributed by atoms with Crippen LogP contribution in [0.3, 0.4) is 0 Å². The number of aromatic nitrogens is 1. The van der Waals surface area contributed by atoms with Crippen molar-refractivity contribution in [3.05, 3.63) is 35.7 Å². The third-order valence-electron chi connectivity index (χ3n) is 4.21. The highest BCUT2D eigenvalue weighted by Gasteiger charge is 2.21. The minimum atomic E-state index is 0.0681. The Kier molecular flexibility index (Phi) is 4.85. The van der Waals surface area contributed by atoms with Gasteiger partial charge in [0.25, 0.3) is 5.91 Å². The van der Waals surface area contributed by atoms with Gasteiger partial charge in [-0.3, -0.25) is 10.1 Å². The van der Waals surface area contributed by atoms with Gasteiger partial charge in [0.1, 0.15) is 0 Å². The Hall–Kier alpha value is -1.72. The third-order valence-corrected chi connectivity index (χ3v) is 4.97. The molecule has 0 atom stereocenters. The molecule has 0 unspecified atom stereocenters. The molecule has 2 aromatic rings. The van der Waals surface area contributed by atoms with Gasteiger partial charge in [0, 0.05) is 10.9 Å². The van der Waals surface area contributed by atoms with Crippen molar-refractivity contribution in [2.24, 2.45) is 5.92 Å². The summed E-state index contributed by atoms with van der Waals surface area (Å²) in [5.41, 5.74) is 2.00. The number of anilines is 1. The van der Waals surface area contributed by atoms with Crippen molar-refractivity contribution in [1.82, 2.24) is 4.98 Å². The Bertz CT molecular complexity index is 618. The maximum atomic E-state index is 12.1. The van der Waals surface area contributed by atoms with Crippen molar-refractivity contribution < 1.29 is 9.69 Å². The summed E-state index contributed by atoms with van der Waals surface area (Å²) in [6.45, 7) is 5.04. The molecular weight excluding hydrogens is 294 g/mol. The lowest BCUT2D eigenvalue weighted by Crippen LogP contribution is -3.14. The van der Waals surface area contributed by atoms with Gasteiger partial charge in [-0.1, -0.05) is 37.3 Å². The topological polar surface area (TPSA) is 46.4 Å². The molecular formula is C17H22N3OS+. The molecule has 2 heterocycles. The van der Waals surface area contributed by atoms with E-state index >= 15 is 0 Å². The first kappa shape index (κ1) is 15.2. The number of amides is 1. The van der Waals surface area contributed by atoms with Crippen LogP contribution in [0.2, 0.25) is 0 Å². The molecule has 2 N–H and O–H groups in total. The first-order valence-corrected chi connectivity index (χ1v) is 8.73. The number of rotatable bonds is 4. The van der Waals surface area contributed by atoms with E-state index in [1.54, 1.807) is 0 Å². The number of nitrogens with zero attached hydrogens (tertiary/aromatic N) is 1. The van der Waals surface area contributed by atoms with Crippen molar-refractivity contribution in [2.45, 2.75) is 19.8 Å². The number of likely N-dealkylation sites (tertiary alicyclic amines) is 1. The molecule has 1 amide bonds. The standard InChI is InChI=1S/C17H21N3OS/c1-13-7-9-20(10-8-13)11-16(21)19-17-18-15(12-22-17)14-5-3-2-4-6-14/h2-6,12-13H,7-11H2,1H3,(H,18,19,21)/p+1. The van der Waals surface area contributed by atoms with Gasteiger partial charge in [0.2, 0.25) is 0 Å². The van der Waals surface area contributed by atoms with Crippen LogP contribution < -0.4 is 10.2 Å². The highest BCUT2D eigenvalue weighted by atomic mass is 32.1. The van der Waals surface area contributed by atoms with Crippen LogP contribution in [-0.4, -0.2) is 30.5 Å².